The molecule has 0 rings (SSSR count). The maximum Gasteiger partial charge on any atom is 0.342 e. The van der Waals surface area contributed by atoms with E-state index in [1.807, 2.05) is 6.92 Å². The predicted octanol–water partition coefficient (Wildman–Crippen LogP) is 4.45. The Morgan fingerprint density at radius 2 is 1.42 bits per heavy atom. The number of aliphatic hydroxyl groups is 2. The van der Waals surface area contributed by atoms with Gasteiger partial charge in [-0.3, -0.25) is 0 Å². The molecule has 0 spiro atoms. The molecule has 3 atom stereocenters. The van der Waals surface area contributed by atoms with Gasteiger partial charge >= 0.3 is 5.97 Å². The zero-order chi connectivity index (χ0) is 18.2. The summed E-state index contributed by atoms with van der Waals surface area (Å²) in [5.74, 6) is -0.463. The summed E-state index contributed by atoms with van der Waals surface area (Å²) in [6.07, 6.45) is 11.2. The van der Waals surface area contributed by atoms with Crippen molar-refractivity contribution in [3.63, 3.8) is 0 Å². The highest BCUT2D eigenvalue weighted by molar-refractivity contribution is 5.68. The van der Waals surface area contributed by atoms with Crippen LogP contribution in [-0.2, 0) is 9.68 Å². The molecule has 5 nitrogen and oxygen atoms in total. The third-order valence-corrected chi connectivity index (χ3v) is 4.72. The Balaban J connectivity index is 3.60. The Kier molecular flexibility index (Phi) is 15.4. The fourth-order valence-corrected chi connectivity index (χ4v) is 2.99. The lowest BCUT2D eigenvalue weighted by atomic mass is 9.91. The Morgan fingerprint density at radius 1 is 0.875 bits per heavy atom. The van der Waals surface area contributed by atoms with E-state index in [-0.39, 0.29) is 12.3 Å². The monoisotopic (exact) mass is 346 g/mol. The zero-order valence-electron chi connectivity index (χ0n) is 15.6. The van der Waals surface area contributed by atoms with Gasteiger partial charge in [0.25, 0.3) is 0 Å². The Hall–Kier alpha value is -0.650. The molecule has 0 amide bonds. The summed E-state index contributed by atoms with van der Waals surface area (Å²) >= 11 is 0. The van der Waals surface area contributed by atoms with E-state index in [1.54, 1.807) is 0 Å². The zero-order valence-corrected chi connectivity index (χ0v) is 15.6. The topological polar surface area (TPSA) is 87.0 Å². The third-order valence-electron chi connectivity index (χ3n) is 4.72. The first-order chi connectivity index (χ1) is 11.5. The molecular weight excluding hydrogens is 308 g/mol. The first-order valence-electron chi connectivity index (χ1n) is 9.73. The van der Waals surface area contributed by atoms with Gasteiger partial charge in [-0.25, -0.2) is 4.79 Å². The van der Waals surface area contributed by atoms with E-state index in [0.29, 0.717) is 6.42 Å². The standard InChI is InChI=1S/C19H38O5/c1-3-4-5-7-11-14-17(20)19(22)16(2)13-10-8-6-9-12-15-18(21)24-23/h16-17,19-20,22-23H,3-15H2,1-2H3. The van der Waals surface area contributed by atoms with E-state index >= 15 is 0 Å². The van der Waals surface area contributed by atoms with Crippen LogP contribution in [0.3, 0.4) is 0 Å². The van der Waals surface area contributed by atoms with Crippen molar-refractivity contribution >= 4 is 5.97 Å². The van der Waals surface area contributed by atoms with Crippen LogP contribution in [0.1, 0.15) is 97.3 Å². The number of aliphatic hydroxyl groups excluding tert-OH is 2. The van der Waals surface area contributed by atoms with Crippen LogP contribution < -0.4 is 0 Å². The minimum absolute atomic E-state index is 0.111. The highest BCUT2D eigenvalue weighted by atomic mass is 17.1. The van der Waals surface area contributed by atoms with Gasteiger partial charge in [-0.1, -0.05) is 71.6 Å². The van der Waals surface area contributed by atoms with E-state index < -0.39 is 18.2 Å². The SMILES string of the molecule is CCCCCCCC(O)C(O)C(C)CCCCCCCC(=O)OO. The van der Waals surface area contributed by atoms with Crippen molar-refractivity contribution in [1.29, 1.82) is 0 Å². The van der Waals surface area contributed by atoms with Gasteiger partial charge in [0, 0.05) is 6.42 Å². The highest BCUT2D eigenvalue weighted by Crippen LogP contribution is 2.20. The van der Waals surface area contributed by atoms with Crippen molar-refractivity contribution in [2.24, 2.45) is 5.92 Å². The van der Waals surface area contributed by atoms with Crippen molar-refractivity contribution in [2.75, 3.05) is 0 Å². The Labute approximate surface area is 147 Å². The summed E-state index contributed by atoms with van der Waals surface area (Å²) in [6.45, 7) is 4.19. The summed E-state index contributed by atoms with van der Waals surface area (Å²) < 4.78 is 0. The predicted molar refractivity (Wildman–Crippen MR) is 95.6 cm³/mol. The van der Waals surface area contributed by atoms with Crippen molar-refractivity contribution in [3.05, 3.63) is 0 Å². The smallest absolute Gasteiger partial charge is 0.342 e. The van der Waals surface area contributed by atoms with Gasteiger partial charge < -0.3 is 15.1 Å². The van der Waals surface area contributed by atoms with Crippen molar-refractivity contribution < 1.29 is 25.2 Å². The van der Waals surface area contributed by atoms with Crippen LogP contribution in [0.25, 0.3) is 0 Å². The quantitative estimate of drug-likeness (QED) is 0.218. The molecule has 0 aliphatic carbocycles. The van der Waals surface area contributed by atoms with Gasteiger partial charge in [0.05, 0.1) is 12.2 Å². The highest BCUT2D eigenvalue weighted by Gasteiger charge is 2.21. The molecule has 0 aliphatic heterocycles. The third kappa shape index (κ3) is 12.7. The van der Waals surface area contributed by atoms with Crippen LogP contribution in [0.2, 0.25) is 0 Å². The number of unbranched alkanes of at least 4 members (excludes halogenated alkanes) is 8. The van der Waals surface area contributed by atoms with Crippen LogP contribution in [0.15, 0.2) is 0 Å². The summed E-state index contributed by atoms with van der Waals surface area (Å²) in [4.78, 5) is 14.3. The lowest BCUT2D eigenvalue weighted by Crippen LogP contribution is -2.32. The average Bonchev–Trinajstić information content (AvgIpc) is 2.59. The second-order valence-corrected chi connectivity index (χ2v) is 7.01. The fraction of sp³-hybridized carbons (Fsp3) is 0.947. The summed E-state index contributed by atoms with van der Waals surface area (Å²) in [5, 5.41) is 28.4. The van der Waals surface area contributed by atoms with E-state index in [2.05, 4.69) is 11.8 Å². The van der Waals surface area contributed by atoms with Crippen molar-refractivity contribution in [1.82, 2.24) is 0 Å². The lowest BCUT2D eigenvalue weighted by Gasteiger charge is -2.24. The van der Waals surface area contributed by atoms with Crippen LogP contribution >= 0.6 is 0 Å². The van der Waals surface area contributed by atoms with E-state index in [9.17, 15) is 15.0 Å². The van der Waals surface area contributed by atoms with Crippen molar-refractivity contribution in [2.45, 2.75) is 110 Å². The van der Waals surface area contributed by atoms with Gasteiger partial charge in [-0.15, -0.1) is 0 Å². The molecule has 0 saturated carbocycles. The van der Waals surface area contributed by atoms with Gasteiger partial charge in [0.2, 0.25) is 0 Å². The largest absolute Gasteiger partial charge is 0.390 e. The maximum absolute atomic E-state index is 10.7. The fourth-order valence-electron chi connectivity index (χ4n) is 2.99. The number of carbonyl (C=O) groups excluding carboxylic acids is 1. The molecule has 3 N–H and O–H groups in total. The number of carbonyl (C=O) groups is 1. The molecule has 24 heavy (non-hydrogen) atoms. The van der Waals surface area contributed by atoms with E-state index in [0.717, 1.165) is 51.4 Å². The molecular formula is C19H38O5. The average molecular weight is 347 g/mol. The van der Waals surface area contributed by atoms with Crippen molar-refractivity contribution in [3.8, 4) is 0 Å². The molecule has 0 aliphatic rings. The van der Waals surface area contributed by atoms with Gasteiger partial charge in [0.15, 0.2) is 0 Å². The Morgan fingerprint density at radius 3 is 2.04 bits per heavy atom. The van der Waals surface area contributed by atoms with Crippen LogP contribution in [-0.4, -0.2) is 33.6 Å². The van der Waals surface area contributed by atoms with Crippen LogP contribution in [0, 0.1) is 5.92 Å². The molecule has 0 heterocycles. The first kappa shape index (κ1) is 23.4. The molecule has 0 aromatic carbocycles. The summed E-state index contributed by atoms with van der Waals surface area (Å²) in [5.41, 5.74) is 0. The number of hydrogen-bond acceptors (Lipinski definition) is 5. The second kappa shape index (κ2) is 15.9. The van der Waals surface area contributed by atoms with E-state index in [4.69, 9.17) is 5.26 Å². The number of hydrogen-bond donors (Lipinski definition) is 3. The molecule has 144 valence electrons. The van der Waals surface area contributed by atoms with Gasteiger partial charge in [-0.05, 0) is 25.2 Å². The maximum atomic E-state index is 10.7. The van der Waals surface area contributed by atoms with Crippen LogP contribution in [0.5, 0.6) is 0 Å². The molecule has 5 heteroatoms. The molecule has 0 saturated heterocycles. The molecule has 3 unspecified atom stereocenters. The molecule has 0 bridgehead atoms. The van der Waals surface area contributed by atoms with Crippen LogP contribution in [0.4, 0.5) is 0 Å². The molecule has 0 aromatic rings. The van der Waals surface area contributed by atoms with Gasteiger partial charge in [0.1, 0.15) is 0 Å². The molecule has 0 fully saturated rings. The minimum Gasteiger partial charge on any atom is -0.390 e. The number of rotatable bonds is 16. The Bertz CT molecular complexity index is 295. The lowest BCUT2D eigenvalue weighted by molar-refractivity contribution is -0.234. The minimum atomic E-state index is -0.629. The first-order valence-corrected chi connectivity index (χ1v) is 9.73. The summed E-state index contributed by atoms with van der Waals surface area (Å²) in [7, 11) is 0. The normalized spacial score (nSPS) is 15.0. The second-order valence-electron chi connectivity index (χ2n) is 7.01. The van der Waals surface area contributed by atoms with E-state index in [1.165, 1.54) is 19.3 Å². The summed E-state index contributed by atoms with van der Waals surface area (Å²) in [6, 6.07) is 0. The van der Waals surface area contributed by atoms with Gasteiger partial charge in [-0.2, -0.15) is 5.26 Å². The molecule has 0 aromatic heterocycles. The molecule has 0 radical (unpaired) electrons.